The number of hydrogen-bond acceptors (Lipinski definition) is 8. The van der Waals surface area contributed by atoms with Crippen molar-refractivity contribution in [1.29, 1.82) is 0 Å². The van der Waals surface area contributed by atoms with E-state index in [9.17, 15) is 18.0 Å². The van der Waals surface area contributed by atoms with Crippen LogP contribution < -0.4 is 15.4 Å². The molecule has 0 fully saturated rings. The van der Waals surface area contributed by atoms with Gasteiger partial charge in [-0.15, -0.1) is 10.2 Å². The molecule has 3 aromatic rings. The highest BCUT2D eigenvalue weighted by Crippen LogP contribution is 2.34. The van der Waals surface area contributed by atoms with E-state index in [1.54, 1.807) is 12.1 Å². The van der Waals surface area contributed by atoms with Crippen molar-refractivity contribution >= 4 is 28.2 Å². The Hall–Kier alpha value is -3.28. The van der Waals surface area contributed by atoms with Crippen LogP contribution in [0.25, 0.3) is 0 Å². The van der Waals surface area contributed by atoms with Gasteiger partial charge >= 0.3 is 6.18 Å². The number of nitrogens with one attached hydrogen (secondary N) is 2. The first kappa shape index (κ1) is 19.5. The normalized spacial score (nSPS) is 11.1. The molecule has 0 bridgehead atoms. The van der Waals surface area contributed by atoms with Crippen LogP contribution in [0.1, 0.15) is 15.9 Å². The van der Waals surface area contributed by atoms with Crippen molar-refractivity contribution in [2.75, 3.05) is 23.8 Å². The molecule has 12 heteroatoms. The van der Waals surface area contributed by atoms with Gasteiger partial charge in [0.2, 0.25) is 11.0 Å². The fourth-order valence-electron chi connectivity index (χ4n) is 2.08. The maximum Gasteiger partial charge on any atom is 0.421 e. The zero-order valence-corrected chi connectivity index (χ0v) is 14.9. The topological polar surface area (TPSA) is 102 Å². The lowest BCUT2D eigenvalue weighted by Gasteiger charge is -2.12. The Morgan fingerprint density at radius 2 is 2.07 bits per heavy atom. The zero-order chi connectivity index (χ0) is 20.0. The molecule has 0 aromatic carbocycles. The molecule has 2 N–H and O–H groups in total. The number of carbonyl (C=O) groups is 1. The molecule has 3 aromatic heterocycles. The van der Waals surface area contributed by atoms with Crippen LogP contribution in [0.15, 0.2) is 42.2 Å². The molecule has 0 aliphatic rings. The molecule has 1 amide bonds. The summed E-state index contributed by atoms with van der Waals surface area (Å²) in [5.74, 6) is -0.421. The van der Waals surface area contributed by atoms with Gasteiger partial charge in [0.15, 0.2) is 0 Å². The lowest BCUT2D eigenvalue weighted by molar-refractivity contribution is -0.139. The van der Waals surface area contributed by atoms with Crippen LogP contribution in [0.5, 0.6) is 5.88 Å². The quantitative estimate of drug-likeness (QED) is 0.577. The molecular weight excluding hydrogens is 397 g/mol. The standard InChI is InChI=1S/C16H13F3N6O2S/c17-16(18,19)11-2-1-5-21-14(11)27-7-6-20-12-4-3-10(8-22-12)13(26)24-15-25-23-9-28-15/h1-5,8-9H,6-7H2,(H,20,22)(H,24,25,26). The summed E-state index contributed by atoms with van der Waals surface area (Å²) in [6.45, 7) is 0.137. The number of rotatable bonds is 7. The minimum atomic E-state index is -4.54. The SMILES string of the molecule is O=C(Nc1nncs1)c1ccc(NCCOc2ncccc2C(F)(F)F)nc1. The van der Waals surface area contributed by atoms with E-state index in [1.807, 2.05) is 0 Å². The molecule has 0 spiro atoms. The first-order valence-corrected chi connectivity index (χ1v) is 8.74. The molecule has 0 radical (unpaired) electrons. The number of pyridine rings is 2. The lowest BCUT2D eigenvalue weighted by Crippen LogP contribution is -2.16. The minimum Gasteiger partial charge on any atom is -0.475 e. The number of amides is 1. The Balaban J connectivity index is 1.49. The van der Waals surface area contributed by atoms with Crippen LogP contribution in [0, 0.1) is 0 Å². The van der Waals surface area contributed by atoms with Gasteiger partial charge in [0.05, 0.1) is 12.1 Å². The maximum absolute atomic E-state index is 12.9. The van der Waals surface area contributed by atoms with Crippen molar-refractivity contribution in [3.63, 3.8) is 0 Å². The van der Waals surface area contributed by atoms with Gasteiger partial charge in [0, 0.05) is 12.4 Å². The Kier molecular flexibility index (Phi) is 5.99. The number of aromatic nitrogens is 4. The summed E-state index contributed by atoms with van der Waals surface area (Å²) < 4.78 is 43.7. The molecule has 0 atom stereocenters. The fourth-order valence-corrected chi connectivity index (χ4v) is 2.52. The second-order valence-corrected chi connectivity index (χ2v) is 6.09. The van der Waals surface area contributed by atoms with Crippen molar-refractivity contribution in [3.05, 3.63) is 53.3 Å². The molecule has 0 unspecified atom stereocenters. The third-order valence-corrected chi connectivity index (χ3v) is 3.94. The minimum absolute atomic E-state index is 0.0545. The second kappa shape index (κ2) is 8.61. The predicted molar refractivity (Wildman–Crippen MR) is 95.3 cm³/mol. The Morgan fingerprint density at radius 1 is 1.21 bits per heavy atom. The highest BCUT2D eigenvalue weighted by Gasteiger charge is 2.34. The Labute approximate surface area is 160 Å². The molecule has 0 aliphatic heterocycles. The second-order valence-electron chi connectivity index (χ2n) is 5.26. The Bertz CT molecular complexity index is 919. The largest absolute Gasteiger partial charge is 0.475 e. The van der Waals surface area contributed by atoms with Gasteiger partial charge < -0.3 is 10.1 Å². The Morgan fingerprint density at radius 3 is 2.75 bits per heavy atom. The van der Waals surface area contributed by atoms with E-state index in [2.05, 4.69) is 30.8 Å². The van der Waals surface area contributed by atoms with E-state index in [0.717, 1.165) is 6.07 Å². The lowest BCUT2D eigenvalue weighted by atomic mass is 10.2. The molecule has 28 heavy (non-hydrogen) atoms. The van der Waals surface area contributed by atoms with Crippen molar-refractivity contribution in [2.24, 2.45) is 0 Å². The molecule has 146 valence electrons. The summed E-state index contributed by atoms with van der Waals surface area (Å²) in [5, 5.41) is 13.2. The number of carbonyl (C=O) groups excluding carboxylic acids is 1. The fraction of sp³-hybridized carbons (Fsp3) is 0.188. The van der Waals surface area contributed by atoms with E-state index >= 15 is 0 Å². The number of hydrogen-bond donors (Lipinski definition) is 2. The van der Waals surface area contributed by atoms with E-state index in [0.29, 0.717) is 16.5 Å². The van der Waals surface area contributed by atoms with Gasteiger partial charge in [0.25, 0.3) is 5.91 Å². The van der Waals surface area contributed by atoms with Crippen LogP contribution in [-0.2, 0) is 6.18 Å². The zero-order valence-electron chi connectivity index (χ0n) is 14.1. The van der Waals surface area contributed by atoms with Crippen molar-refractivity contribution < 1.29 is 22.7 Å². The number of anilines is 2. The summed E-state index contributed by atoms with van der Waals surface area (Å²) in [4.78, 5) is 19.7. The molecule has 3 heterocycles. The van der Waals surface area contributed by atoms with Gasteiger partial charge in [-0.3, -0.25) is 10.1 Å². The molecule has 0 aliphatic carbocycles. The molecular formula is C16H13F3N6O2S. The van der Waals surface area contributed by atoms with Crippen LogP contribution in [-0.4, -0.2) is 39.2 Å². The molecule has 0 saturated heterocycles. The highest BCUT2D eigenvalue weighted by atomic mass is 32.1. The van der Waals surface area contributed by atoms with E-state index < -0.39 is 17.6 Å². The smallest absolute Gasteiger partial charge is 0.421 e. The highest BCUT2D eigenvalue weighted by molar-refractivity contribution is 7.13. The predicted octanol–water partition coefficient (Wildman–Crippen LogP) is 3.09. The average molecular weight is 410 g/mol. The van der Waals surface area contributed by atoms with Gasteiger partial charge in [-0.1, -0.05) is 11.3 Å². The summed E-state index contributed by atoms with van der Waals surface area (Å²) in [7, 11) is 0. The van der Waals surface area contributed by atoms with Crippen LogP contribution in [0.3, 0.4) is 0 Å². The summed E-state index contributed by atoms with van der Waals surface area (Å²) in [6, 6.07) is 5.22. The third-order valence-electron chi connectivity index (χ3n) is 3.33. The van der Waals surface area contributed by atoms with Crippen LogP contribution >= 0.6 is 11.3 Å². The number of ether oxygens (including phenoxy) is 1. The number of halogens is 3. The van der Waals surface area contributed by atoms with Crippen molar-refractivity contribution in [1.82, 2.24) is 20.2 Å². The van der Waals surface area contributed by atoms with Gasteiger partial charge in [-0.2, -0.15) is 13.2 Å². The van der Waals surface area contributed by atoms with E-state index in [4.69, 9.17) is 4.74 Å². The van der Waals surface area contributed by atoms with Crippen LogP contribution in [0.2, 0.25) is 0 Å². The summed E-state index contributed by atoms with van der Waals surface area (Å²) >= 11 is 1.19. The van der Waals surface area contributed by atoms with Crippen molar-refractivity contribution in [2.45, 2.75) is 6.18 Å². The summed E-state index contributed by atoms with van der Waals surface area (Å²) in [6.07, 6.45) is -1.95. The van der Waals surface area contributed by atoms with Gasteiger partial charge in [0.1, 0.15) is 23.5 Å². The van der Waals surface area contributed by atoms with Gasteiger partial charge in [-0.05, 0) is 24.3 Å². The third kappa shape index (κ3) is 5.13. The van der Waals surface area contributed by atoms with Gasteiger partial charge in [-0.25, -0.2) is 9.97 Å². The molecule has 3 rings (SSSR count). The number of nitrogens with zero attached hydrogens (tertiary/aromatic N) is 4. The molecule has 0 saturated carbocycles. The average Bonchev–Trinajstić information content (AvgIpc) is 3.18. The van der Waals surface area contributed by atoms with Crippen molar-refractivity contribution in [3.8, 4) is 5.88 Å². The van der Waals surface area contributed by atoms with E-state index in [1.165, 1.54) is 35.3 Å². The number of alkyl halides is 3. The van der Waals surface area contributed by atoms with Crippen LogP contribution in [0.4, 0.5) is 24.1 Å². The maximum atomic E-state index is 12.9. The molecule has 8 nitrogen and oxygen atoms in total. The first-order valence-electron chi connectivity index (χ1n) is 7.86. The van der Waals surface area contributed by atoms with E-state index in [-0.39, 0.29) is 19.1 Å². The monoisotopic (exact) mass is 410 g/mol. The summed E-state index contributed by atoms with van der Waals surface area (Å²) in [5.41, 5.74) is 0.880. The first-order chi connectivity index (χ1) is 13.4.